The largest absolute Gasteiger partial charge is 0.466 e. The van der Waals surface area contributed by atoms with Crippen molar-refractivity contribution in [3.8, 4) is 16.8 Å². The van der Waals surface area contributed by atoms with E-state index in [1.165, 1.54) is 65.9 Å². The van der Waals surface area contributed by atoms with Gasteiger partial charge in [-0.2, -0.15) is 0 Å². The Balaban J connectivity index is 1.32. The number of anilines is 3. The number of hydrogen-bond donors (Lipinski definition) is 0. The second-order valence-electron chi connectivity index (χ2n) is 13.2. The lowest BCUT2D eigenvalue weighted by molar-refractivity contribution is 0.649. The van der Waals surface area contributed by atoms with E-state index in [1.54, 1.807) is 0 Å². The molecule has 0 N–H and O–H groups in total. The summed E-state index contributed by atoms with van der Waals surface area (Å²) in [5.74, 6) is 0. The van der Waals surface area contributed by atoms with Crippen LogP contribution >= 0.6 is 0 Å². The summed E-state index contributed by atoms with van der Waals surface area (Å²) in [6.45, 7) is -0.143. The molecule has 226 valence electrons. The summed E-state index contributed by atoms with van der Waals surface area (Å²) in [5.41, 5.74) is 15.2. The highest BCUT2D eigenvalue weighted by atomic mass is 16.3. The normalized spacial score (nSPS) is 13.2. The van der Waals surface area contributed by atoms with Crippen LogP contribution in [0.5, 0.6) is 0 Å². The van der Waals surface area contributed by atoms with Crippen LogP contribution in [0.3, 0.4) is 0 Å². The van der Waals surface area contributed by atoms with Gasteiger partial charge in [-0.3, -0.25) is 0 Å². The molecule has 0 saturated heterocycles. The highest BCUT2D eigenvalue weighted by Crippen LogP contribution is 2.50. The molecule has 5 heterocycles. The average Bonchev–Trinajstić information content (AvgIpc) is 3.83. The fourth-order valence-corrected chi connectivity index (χ4v) is 9.04. The number of furan rings is 1. The monoisotopic (exact) mass is 623 g/mol. The third kappa shape index (κ3) is 3.11. The Labute approximate surface area is 281 Å². The smallest absolute Gasteiger partial charge is 0.375 e. The first-order chi connectivity index (χ1) is 24.4. The molecule has 4 nitrogen and oxygen atoms in total. The molecule has 0 radical (unpaired) electrons. The van der Waals surface area contributed by atoms with Crippen molar-refractivity contribution < 1.29 is 4.42 Å². The standard InChI is InChI=1S/C44H26BN3O/c1-3-14-27(15-4-1)46-35-22-10-7-18-29(35)33-26-34-30-21-13-24-37-40(30)45(48-36-23-11-8-19-31(36)39(41(33)46)42(34)48)44-43(32-20-9-12-25-38(32)49-44)47(37)28-16-5-2-6-17-28/h1-26H. The summed E-state index contributed by atoms with van der Waals surface area (Å²) in [5, 5.41) is 6.18. The lowest BCUT2D eigenvalue weighted by atomic mass is 9.47. The van der Waals surface area contributed by atoms with Crippen molar-refractivity contribution in [3.63, 3.8) is 0 Å². The Hall–Kier alpha value is -6.46. The van der Waals surface area contributed by atoms with Crippen LogP contribution in [0, 0.1) is 0 Å². The van der Waals surface area contributed by atoms with Gasteiger partial charge in [-0.15, -0.1) is 0 Å². The predicted octanol–water partition coefficient (Wildman–Crippen LogP) is 10.1. The van der Waals surface area contributed by atoms with Gasteiger partial charge in [-0.05, 0) is 71.7 Å². The highest BCUT2D eigenvalue weighted by molar-refractivity contribution is 6.89. The molecular formula is C44H26BN3O. The third-order valence-corrected chi connectivity index (χ3v) is 10.8. The fraction of sp³-hybridized carbons (Fsp3) is 0. The summed E-state index contributed by atoms with van der Waals surface area (Å²) in [7, 11) is 0. The van der Waals surface area contributed by atoms with Crippen molar-refractivity contribution in [3.05, 3.63) is 158 Å². The number of benzene rings is 7. The zero-order chi connectivity index (χ0) is 31.8. The quantitative estimate of drug-likeness (QED) is 0.179. The maximum Gasteiger partial charge on any atom is 0.375 e. The number of nitrogens with zero attached hydrogens (tertiary/aromatic N) is 3. The van der Waals surface area contributed by atoms with Gasteiger partial charge in [0.25, 0.3) is 0 Å². The molecule has 2 aliphatic heterocycles. The van der Waals surface area contributed by atoms with Crippen LogP contribution in [0.4, 0.5) is 17.1 Å². The second kappa shape index (κ2) is 9.12. The Morgan fingerprint density at radius 1 is 0.490 bits per heavy atom. The molecule has 0 unspecified atom stereocenters. The van der Waals surface area contributed by atoms with E-state index in [0.717, 1.165) is 33.7 Å². The van der Waals surface area contributed by atoms with Crippen LogP contribution in [-0.2, 0) is 0 Å². The first-order valence-electron chi connectivity index (χ1n) is 16.9. The predicted molar refractivity (Wildman–Crippen MR) is 204 cm³/mol. The zero-order valence-electron chi connectivity index (χ0n) is 26.3. The average molecular weight is 624 g/mol. The maximum atomic E-state index is 7.02. The van der Waals surface area contributed by atoms with Crippen LogP contribution in [0.2, 0.25) is 0 Å². The molecule has 2 aliphatic rings. The molecule has 0 spiro atoms. The lowest BCUT2D eigenvalue weighted by Gasteiger charge is -2.38. The second-order valence-corrected chi connectivity index (χ2v) is 13.2. The SMILES string of the molecule is c1ccc(N2c3cccc4c3B(c3oc5ccccc5c32)n2c3ccccc3c3c2c-4cc2c4ccccc4n(-c4ccccc4)c23)cc1. The summed E-state index contributed by atoms with van der Waals surface area (Å²) < 4.78 is 12.1. The van der Waals surface area contributed by atoms with Crippen molar-refractivity contribution in [2.45, 2.75) is 0 Å². The molecule has 5 heteroatoms. The summed E-state index contributed by atoms with van der Waals surface area (Å²) in [6, 6.07) is 57.1. The lowest BCUT2D eigenvalue weighted by Crippen LogP contribution is -2.56. The van der Waals surface area contributed by atoms with E-state index in [9.17, 15) is 0 Å². The van der Waals surface area contributed by atoms with Gasteiger partial charge in [0.05, 0.1) is 16.7 Å². The maximum absolute atomic E-state index is 7.02. The van der Waals surface area contributed by atoms with Gasteiger partial charge in [0.2, 0.25) is 0 Å². The Morgan fingerprint density at radius 2 is 1.16 bits per heavy atom. The van der Waals surface area contributed by atoms with Crippen molar-refractivity contribution in [2.24, 2.45) is 0 Å². The fourth-order valence-electron chi connectivity index (χ4n) is 9.04. The van der Waals surface area contributed by atoms with E-state index in [4.69, 9.17) is 4.42 Å². The van der Waals surface area contributed by atoms with Gasteiger partial charge < -0.3 is 18.4 Å². The zero-order valence-corrected chi connectivity index (χ0v) is 26.3. The molecule has 0 atom stereocenters. The Bertz CT molecular complexity index is 3010. The number of para-hydroxylation sites is 5. The van der Waals surface area contributed by atoms with Gasteiger partial charge in [0.15, 0.2) is 0 Å². The molecule has 0 fully saturated rings. The molecule has 0 bridgehead atoms. The molecule has 0 saturated carbocycles. The minimum absolute atomic E-state index is 0.143. The molecule has 3 aromatic heterocycles. The van der Waals surface area contributed by atoms with Gasteiger partial charge >= 0.3 is 6.85 Å². The summed E-state index contributed by atoms with van der Waals surface area (Å²) >= 11 is 0. The van der Waals surface area contributed by atoms with Crippen LogP contribution in [0.15, 0.2) is 162 Å². The van der Waals surface area contributed by atoms with E-state index in [0.29, 0.717) is 0 Å². The van der Waals surface area contributed by atoms with E-state index in [-0.39, 0.29) is 6.85 Å². The third-order valence-electron chi connectivity index (χ3n) is 10.8. The number of hydrogen-bond acceptors (Lipinski definition) is 2. The number of rotatable bonds is 2. The van der Waals surface area contributed by atoms with Crippen LogP contribution < -0.4 is 16.0 Å². The molecular weight excluding hydrogens is 597 g/mol. The van der Waals surface area contributed by atoms with E-state index in [1.807, 2.05) is 0 Å². The number of aromatic nitrogens is 2. The molecule has 7 aromatic carbocycles. The van der Waals surface area contributed by atoms with E-state index < -0.39 is 0 Å². The summed E-state index contributed by atoms with van der Waals surface area (Å²) in [6.07, 6.45) is 0. The van der Waals surface area contributed by atoms with Gasteiger partial charge in [0, 0.05) is 60.6 Å². The minimum Gasteiger partial charge on any atom is -0.466 e. The Kier molecular flexibility index (Phi) is 4.77. The van der Waals surface area contributed by atoms with E-state index >= 15 is 0 Å². The van der Waals surface area contributed by atoms with Crippen molar-refractivity contribution in [2.75, 3.05) is 4.90 Å². The van der Waals surface area contributed by atoms with Gasteiger partial charge in [-0.25, -0.2) is 0 Å². The van der Waals surface area contributed by atoms with Crippen molar-refractivity contribution >= 4 is 89.6 Å². The first kappa shape index (κ1) is 25.6. The van der Waals surface area contributed by atoms with Crippen molar-refractivity contribution in [1.29, 1.82) is 0 Å². The first-order valence-corrected chi connectivity index (χ1v) is 16.9. The van der Waals surface area contributed by atoms with Gasteiger partial charge in [-0.1, -0.05) is 97.1 Å². The topological polar surface area (TPSA) is 26.2 Å². The molecule has 0 aliphatic carbocycles. The minimum atomic E-state index is -0.143. The van der Waals surface area contributed by atoms with Crippen LogP contribution in [-0.4, -0.2) is 15.9 Å². The van der Waals surface area contributed by atoms with Crippen molar-refractivity contribution in [1.82, 2.24) is 9.05 Å². The Morgan fingerprint density at radius 3 is 1.98 bits per heavy atom. The molecule has 10 aromatic rings. The number of fused-ring (bicyclic) bond motifs is 13. The molecule has 49 heavy (non-hydrogen) atoms. The van der Waals surface area contributed by atoms with Crippen LogP contribution in [0.1, 0.15) is 0 Å². The van der Waals surface area contributed by atoms with Gasteiger partial charge in [0.1, 0.15) is 11.2 Å². The summed E-state index contributed by atoms with van der Waals surface area (Å²) in [4.78, 5) is 2.42. The highest BCUT2D eigenvalue weighted by Gasteiger charge is 2.46. The molecule has 12 rings (SSSR count). The van der Waals surface area contributed by atoms with E-state index in [2.05, 4.69) is 172 Å². The van der Waals surface area contributed by atoms with Crippen LogP contribution in [0.25, 0.3) is 71.4 Å². The molecule has 0 amide bonds.